The van der Waals surface area contributed by atoms with Crippen LogP contribution in [0.5, 0.6) is 0 Å². The second-order valence-electron chi connectivity index (χ2n) is 19.2. The Bertz CT molecular complexity index is 4300. The van der Waals surface area contributed by atoms with Gasteiger partial charge in [-0.25, -0.2) is 0 Å². The summed E-state index contributed by atoms with van der Waals surface area (Å²) in [5.41, 5.74) is 22.5. The first-order chi connectivity index (χ1) is 37.2. The molecule has 2 heterocycles. The molecule has 14 rings (SSSR count). The fraction of sp³-hybridized carbons (Fsp3) is 0. The van der Waals surface area contributed by atoms with Crippen LogP contribution >= 0.6 is 0 Å². The van der Waals surface area contributed by atoms with Crippen molar-refractivity contribution < 1.29 is 4.42 Å². The minimum Gasteiger partial charge on any atom is -0.455 e. The summed E-state index contributed by atoms with van der Waals surface area (Å²) in [7, 11) is 0. The summed E-state index contributed by atoms with van der Waals surface area (Å²) in [6.45, 7) is 0. The molecule has 0 atom stereocenters. The molecule has 3 nitrogen and oxygen atoms in total. The van der Waals surface area contributed by atoms with Gasteiger partial charge in [-0.3, -0.25) is 0 Å². The maximum absolute atomic E-state index is 6.40. The van der Waals surface area contributed by atoms with Crippen molar-refractivity contribution in [3.8, 4) is 72.4 Å². The monoisotopic (exact) mass is 956 g/mol. The summed E-state index contributed by atoms with van der Waals surface area (Å²) in [6, 6.07) is 105. The van der Waals surface area contributed by atoms with E-state index in [1.54, 1.807) is 0 Å². The molecule has 0 spiro atoms. The molecule has 0 aliphatic heterocycles. The molecule has 0 aliphatic rings. The number of aromatic nitrogens is 1. The highest BCUT2D eigenvalue weighted by Gasteiger charge is 2.20. The van der Waals surface area contributed by atoms with Crippen LogP contribution in [0.15, 0.2) is 296 Å². The minimum atomic E-state index is 0.908. The topological polar surface area (TPSA) is 21.3 Å². The van der Waals surface area contributed by atoms with Crippen LogP contribution in [0.3, 0.4) is 0 Å². The van der Waals surface area contributed by atoms with E-state index in [1.165, 1.54) is 49.7 Å². The molecule has 75 heavy (non-hydrogen) atoms. The second-order valence-corrected chi connectivity index (χ2v) is 19.2. The van der Waals surface area contributed by atoms with E-state index < -0.39 is 0 Å². The smallest absolute Gasteiger partial charge is 0.143 e. The number of benzene rings is 12. The third kappa shape index (κ3) is 7.86. The first-order valence-electron chi connectivity index (χ1n) is 25.6. The normalized spacial score (nSPS) is 11.5. The molecule has 0 saturated heterocycles. The third-order valence-corrected chi connectivity index (χ3v) is 14.9. The lowest BCUT2D eigenvalue weighted by Gasteiger charge is -2.28. The van der Waals surface area contributed by atoms with Gasteiger partial charge in [0.25, 0.3) is 0 Å². The summed E-state index contributed by atoms with van der Waals surface area (Å²) in [4.78, 5) is 2.39. The predicted molar refractivity (Wildman–Crippen MR) is 315 cm³/mol. The van der Waals surface area contributed by atoms with Gasteiger partial charge in [-0.05, 0) is 105 Å². The van der Waals surface area contributed by atoms with Crippen LogP contribution in [0.4, 0.5) is 17.1 Å². The lowest BCUT2D eigenvalue weighted by molar-refractivity contribution is 0.670. The second kappa shape index (κ2) is 18.6. The Morgan fingerprint density at radius 3 is 1.23 bits per heavy atom. The third-order valence-electron chi connectivity index (χ3n) is 14.9. The van der Waals surface area contributed by atoms with Crippen LogP contribution in [0, 0.1) is 0 Å². The average molecular weight is 957 g/mol. The Balaban J connectivity index is 0.800. The van der Waals surface area contributed by atoms with E-state index in [-0.39, 0.29) is 0 Å². The first-order valence-corrected chi connectivity index (χ1v) is 25.6. The van der Waals surface area contributed by atoms with Crippen molar-refractivity contribution in [2.75, 3.05) is 4.90 Å². The zero-order valence-corrected chi connectivity index (χ0v) is 41.0. The van der Waals surface area contributed by atoms with Crippen molar-refractivity contribution in [2.45, 2.75) is 0 Å². The van der Waals surface area contributed by atoms with Crippen LogP contribution in [0.25, 0.3) is 116 Å². The lowest BCUT2D eigenvalue weighted by Crippen LogP contribution is -2.11. The summed E-state index contributed by atoms with van der Waals surface area (Å²) >= 11 is 0. The van der Waals surface area contributed by atoms with Gasteiger partial charge >= 0.3 is 0 Å². The van der Waals surface area contributed by atoms with Gasteiger partial charge < -0.3 is 13.9 Å². The number of hydrogen-bond donors (Lipinski definition) is 0. The van der Waals surface area contributed by atoms with Crippen LogP contribution < -0.4 is 4.90 Å². The van der Waals surface area contributed by atoms with E-state index in [9.17, 15) is 0 Å². The summed E-state index contributed by atoms with van der Waals surface area (Å²) in [5, 5.41) is 4.79. The van der Waals surface area contributed by atoms with Crippen molar-refractivity contribution in [1.82, 2.24) is 4.57 Å². The Morgan fingerprint density at radius 2 is 0.640 bits per heavy atom. The number of nitrogens with zero attached hydrogens (tertiary/aromatic N) is 2. The molecule has 0 saturated carbocycles. The highest BCUT2D eigenvalue weighted by molar-refractivity contribution is 6.11. The molecule has 0 radical (unpaired) electrons. The van der Waals surface area contributed by atoms with Gasteiger partial charge in [0, 0.05) is 49.6 Å². The van der Waals surface area contributed by atoms with E-state index in [4.69, 9.17) is 4.42 Å². The number of fused-ring (bicyclic) bond motifs is 6. The average Bonchev–Trinajstić information content (AvgIpc) is 4.05. The molecule has 0 fully saturated rings. The molecular formula is C72H48N2O. The number of hydrogen-bond acceptors (Lipinski definition) is 2. The zero-order valence-electron chi connectivity index (χ0n) is 41.0. The van der Waals surface area contributed by atoms with E-state index in [1.807, 2.05) is 12.1 Å². The molecule has 0 N–H and O–H groups in total. The van der Waals surface area contributed by atoms with Crippen molar-refractivity contribution in [1.29, 1.82) is 0 Å². The summed E-state index contributed by atoms with van der Waals surface area (Å²) in [6.07, 6.45) is 0. The van der Waals surface area contributed by atoms with Crippen molar-refractivity contribution >= 4 is 60.8 Å². The molecule has 14 aromatic rings. The van der Waals surface area contributed by atoms with Gasteiger partial charge in [-0.2, -0.15) is 0 Å². The van der Waals surface area contributed by atoms with Gasteiger partial charge in [-0.1, -0.05) is 237 Å². The highest BCUT2D eigenvalue weighted by atomic mass is 16.3. The molecule has 0 unspecified atom stereocenters. The van der Waals surface area contributed by atoms with E-state index in [0.29, 0.717) is 0 Å². The summed E-state index contributed by atoms with van der Waals surface area (Å²) in [5.74, 6) is 0. The van der Waals surface area contributed by atoms with Crippen molar-refractivity contribution in [2.24, 2.45) is 0 Å². The van der Waals surface area contributed by atoms with Gasteiger partial charge in [0.15, 0.2) is 0 Å². The Morgan fingerprint density at radius 1 is 0.253 bits per heavy atom. The van der Waals surface area contributed by atoms with Gasteiger partial charge in [0.1, 0.15) is 11.2 Å². The van der Waals surface area contributed by atoms with Crippen LogP contribution in [0.2, 0.25) is 0 Å². The van der Waals surface area contributed by atoms with Gasteiger partial charge in [0.2, 0.25) is 0 Å². The quantitative estimate of drug-likeness (QED) is 0.136. The molecule has 0 aliphatic carbocycles. The van der Waals surface area contributed by atoms with Crippen molar-refractivity contribution in [3.05, 3.63) is 291 Å². The molecule has 3 heteroatoms. The fourth-order valence-corrected chi connectivity index (χ4v) is 11.2. The molecule has 12 aromatic carbocycles. The minimum absolute atomic E-state index is 0.908. The molecule has 352 valence electrons. The number of para-hydroxylation sites is 6. The van der Waals surface area contributed by atoms with E-state index in [0.717, 1.165) is 83.5 Å². The maximum atomic E-state index is 6.40. The van der Waals surface area contributed by atoms with E-state index >= 15 is 0 Å². The summed E-state index contributed by atoms with van der Waals surface area (Å²) < 4.78 is 8.81. The van der Waals surface area contributed by atoms with Crippen LogP contribution in [-0.2, 0) is 0 Å². The predicted octanol–water partition coefficient (Wildman–Crippen LogP) is 20.2. The van der Waals surface area contributed by atoms with Gasteiger partial charge in [-0.15, -0.1) is 0 Å². The van der Waals surface area contributed by atoms with Crippen LogP contribution in [-0.4, -0.2) is 4.57 Å². The molecule has 0 amide bonds. The molecular weight excluding hydrogens is 909 g/mol. The number of furan rings is 1. The SMILES string of the molecule is c1ccc(-c2ccc(-c3ccccc3N(c3ccc(-c4ccc(-c5ccccc5-n5c6ccccc6c6ccccc65)cc4)cc3)c3ccc(-c4ccc(-c5cccc6c5oc5ccccc56)cc4)cc3)cc2)cc1. The first kappa shape index (κ1) is 43.8. The number of anilines is 3. The lowest BCUT2D eigenvalue weighted by atomic mass is 9.97. The van der Waals surface area contributed by atoms with E-state index in [2.05, 4.69) is 289 Å². The Kier molecular flexibility index (Phi) is 10.8. The molecule has 0 bridgehead atoms. The van der Waals surface area contributed by atoms with Crippen molar-refractivity contribution in [3.63, 3.8) is 0 Å². The molecule has 2 aromatic heterocycles. The zero-order chi connectivity index (χ0) is 49.7. The highest BCUT2D eigenvalue weighted by Crippen LogP contribution is 2.44. The maximum Gasteiger partial charge on any atom is 0.143 e. The van der Waals surface area contributed by atoms with Crippen LogP contribution in [0.1, 0.15) is 0 Å². The fourth-order valence-electron chi connectivity index (χ4n) is 11.2. The Hall–Kier alpha value is -9.96. The van der Waals surface area contributed by atoms with Gasteiger partial charge in [0.05, 0.1) is 22.4 Å². The standard InChI is InChI=1S/C72H48N2O/c1-2-15-49(16-3-1)50-29-35-55(36-30-50)60-17-4-9-24-67(60)73(59-47-43-54(44-48-59)52-33-39-57(40-34-52)62-22-14-23-66-65-21-8-13-28-71(65)75-72(62)66)58-45-41-53(42-46-58)51-31-37-56(38-32-51)61-18-5-10-25-68(61)74-69-26-11-6-19-63(69)64-20-7-12-27-70(64)74/h1-48H. The number of rotatable bonds is 10. The Labute approximate surface area is 436 Å². The largest absolute Gasteiger partial charge is 0.455 e.